The Morgan fingerprint density at radius 3 is 2.65 bits per heavy atom. The lowest BCUT2D eigenvalue weighted by Crippen LogP contribution is -2.34. The standard InChI is InChI=1S/C20H24N2O4/c1-12-4-3-9-21(10-12)16-8-7-14-17(19(16)26-2)22(13-5-6-13)11-15(18(14)23)20(24)25/h7-8,11-13H,3-6,9-10H2,1-2H3,(H,24,25)/t12-/m1/s1. The van der Waals surface area contributed by atoms with Crippen molar-refractivity contribution in [3.63, 3.8) is 0 Å². The molecule has 2 aromatic rings. The van der Waals surface area contributed by atoms with Crippen LogP contribution in [0.2, 0.25) is 0 Å². The summed E-state index contributed by atoms with van der Waals surface area (Å²) >= 11 is 0. The maximum absolute atomic E-state index is 12.7. The number of hydrogen-bond acceptors (Lipinski definition) is 4. The van der Waals surface area contributed by atoms with Crippen LogP contribution in [-0.4, -0.2) is 35.8 Å². The molecule has 6 nitrogen and oxygen atoms in total. The van der Waals surface area contributed by atoms with E-state index in [1.807, 2.05) is 10.6 Å². The number of hydrogen-bond donors (Lipinski definition) is 1. The lowest BCUT2D eigenvalue weighted by Gasteiger charge is -2.34. The molecule has 6 heteroatoms. The van der Waals surface area contributed by atoms with Crippen LogP contribution in [0.4, 0.5) is 5.69 Å². The number of pyridine rings is 1. The van der Waals surface area contributed by atoms with Crippen molar-refractivity contribution in [3.05, 3.63) is 34.1 Å². The third kappa shape index (κ3) is 2.73. The number of rotatable bonds is 4. The highest BCUT2D eigenvalue weighted by atomic mass is 16.5. The number of aromatic nitrogens is 1. The number of piperidine rings is 1. The van der Waals surface area contributed by atoms with E-state index in [9.17, 15) is 14.7 Å². The molecule has 1 aliphatic heterocycles. The van der Waals surface area contributed by atoms with Crippen LogP contribution < -0.4 is 15.1 Å². The molecular weight excluding hydrogens is 332 g/mol. The first kappa shape index (κ1) is 16.9. The molecule has 0 spiro atoms. The fraction of sp³-hybridized carbons (Fsp3) is 0.500. The van der Waals surface area contributed by atoms with Crippen molar-refractivity contribution in [2.45, 2.75) is 38.6 Å². The number of benzene rings is 1. The Morgan fingerprint density at radius 1 is 1.27 bits per heavy atom. The van der Waals surface area contributed by atoms with E-state index in [0.29, 0.717) is 17.1 Å². The van der Waals surface area contributed by atoms with E-state index < -0.39 is 11.4 Å². The van der Waals surface area contributed by atoms with Gasteiger partial charge in [0, 0.05) is 25.3 Å². The normalized spacial score (nSPS) is 20.4. The van der Waals surface area contributed by atoms with E-state index in [-0.39, 0.29) is 11.6 Å². The van der Waals surface area contributed by atoms with E-state index in [4.69, 9.17) is 4.74 Å². The lowest BCUT2D eigenvalue weighted by molar-refractivity contribution is 0.0695. The minimum atomic E-state index is -1.18. The van der Waals surface area contributed by atoms with Crippen molar-refractivity contribution in [2.75, 3.05) is 25.1 Å². The third-order valence-corrected chi connectivity index (χ3v) is 5.50. The molecule has 1 N–H and O–H groups in total. The highest BCUT2D eigenvalue weighted by molar-refractivity contribution is 5.96. The second-order valence-electron chi connectivity index (χ2n) is 7.52. The number of fused-ring (bicyclic) bond motifs is 1. The van der Waals surface area contributed by atoms with Gasteiger partial charge in [0.1, 0.15) is 5.56 Å². The largest absolute Gasteiger partial charge is 0.492 e. The molecule has 1 aromatic heterocycles. The molecule has 0 radical (unpaired) electrons. The zero-order valence-electron chi connectivity index (χ0n) is 15.2. The second-order valence-corrected chi connectivity index (χ2v) is 7.52. The number of ether oxygens (including phenoxy) is 1. The average molecular weight is 356 g/mol. The molecule has 2 heterocycles. The van der Waals surface area contributed by atoms with Gasteiger partial charge in [-0.1, -0.05) is 6.92 Å². The zero-order valence-corrected chi connectivity index (χ0v) is 15.2. The van der Waals surface area contributed by atoms with E-state index in [0.717, 1.165) is 43.6 Å². The van der Waals surface area contributed by atoms with Gasteiger partial charge in [-0.05, 0) is 43.7 Å². The Bertz CT molecular complexity index is 930. The van der Waals surface area contributed by atoms with Gasteiger partial charge in [-0.25, -0.2) is 4.79 Å². The molecule has 4 rings (SSSR count). The van der Waals surface area contributed by atoms with E-state index >= 15 is 0 Å². The molecule has 138 valence electrons. The van der Waals surface area contributed by atoms with E-state index in [1.165, 1.54) is 12.6 Å². The quantitative estimate of drug-likeness (QED) is 0.910. The number of anilines is 1. The summed E-state index contributed by atoms with van der Waals surface area (Å²) < 4.78 is 7.71. The van der Waals surface area contributed by atoms with Gasteiger partial charge >= 0.3 is 5.97 Å². The van der Waals surface area contributed by atoms with Crippen LogP contribution >= 0.6 is 0 Å². The number of aromatic carboxylic acids is 1. The number of carboxylic acid groups (broad SMARTS) is 1. The van der Waals surface area contributed by atoms with Crippen LogP contribution in [0.3, 0.4) is 0 Å². The van der Waals surface area contributed by atoms with Gasteiger partial charge in [0.05, 0.1) is 23.7 Å². The number of methoxy groups -OCH3 is 1. The molecule has 2 aliphatic rings. The van der Waals surface area contributed by atoms with Gasteiger partial charge in [-0.15, -0.1) is 0 Å². The van der Waals surface area contributed by atoms with Crippen molar-refractivity contribution < 1.29 is 14.6 Å². The van der Waals surface area contributed by atoms with Crippen LogP contribution in [-0.2, 0) is 0 Å². The topological polar surface area (TPSA) is 71.8 Å². The lowest BCUT2D eigenvalue weighted by atomic mass is 9.99. The fourth-order valence-corrected chi connectivity index (χ4v) is 4.06. The van der Waals surface area contributed by atoms with Crippen molar-refractivity contribution in [2.24, 2.45) is 5.92 Å². The summed E-state index contributed by atoms with van der Waals surface area (Å²) in [6.45, 7) is 4.18. The molecule has 1 saturated carbocycles. The SMILES string of the molecule is COc1c(N2CCC[C@@H](C)C2)ccc2c(=O)c(C(=O)O)cn(C3CC3)c12. The Morgan fingerprint density at radius 2 is 2.04 bits per heavy atom. The summed E-state index contributed by atoms with van der Waals surface area (Å²) in [4.78, 5) is 26.5. The summed E-state index contributed by atoms with van der Waals surface area (Å²) in [6.07, 6.45) is 5.84. The van der Waals surface area contributed by atoms with Crippen molar-refractivity contribution in [1.29, 1.82) is 0 Å². The van der Waals surface area contributed by atoms with Gasteiger partial charge in [-0.3, -0.25) is 4.79 Å². The number of carbonyl (C=O) groups is 1. The van der Waals surface area contributed by atoms with Gasteiger partial charge in [-0.2, -0.15) is 0 Å². The molecule has 0 amide bonds. The minimum absolute atomic E-state index is 0.175. The summed E-state index contributed by atoms with van der Waals surface area (Å²) in [5, 5.41) is 9.83. The first-order valence-corrected chi connectivity index (χ1v) is 9.25. The molecule has 0 unspecified atom stereocenters. The molecule has 1 aliphatic carbocycles. The summed E-state index contributed by atoms with van der Waals surface area (Å²) in [6, 6.07) is 3.91. The smallest absolute Gasteiger partial charge is 0.341 e. The Balaban J connectivity index is 1.97. The second kappa shape index (κ2) is 6.34. The van der Waals surface area contributed by atoms with Crippen LogP contribution in [0.5, 0.6) is 5.75 Å². The predicted octanol–water partition coefficient (Wildman–Crippen LogP) is 3.28. The Kier molecular flexibility index (Phi) is 4.13. The minimum Gasteiger partial charge on any atom is -0.492 e. The van der Waals surface area contributed by atoms with Crippen LogP contribution in [0.25, 0.3) is 10.9 Å². The highest BCUT2D eigenvalue weighted by Crippen LogP contribution is 2.43. The summed E-state index contributed by atoms with van der Waals surface area (Å²) in [5.41, 5.74) is 1.09. The average Bonchev–Trinajstić information content (AvgIpc) is 3.46. The molecule has 1 saturated heterocycles. The maximum atomic E-state index is 12.7. The van der Waals surface area contributed by atoms with Gasteiger partial charge in [0.25, 0.3) is 0 Å². The van der Waals surface area contributed by atoms with E-state index in [2.05, 4.69) is 11.8 Å². The molecule has 1 atom stereocenters. The van der Waals surface area contributed by atoms with Crippen molar-refractivity contribution in [1.82, 2.24) is 4.57 Å². The Hall–Kier alpha value is -2.50. The van der Waals surface area contributed by atoms with Gasteiger partial charge < -0.3 is 19.3 Å². The van der Waals surface area contributed by atoms with Crippen molar-refractivity contribution >= 4 is 22.6 Å². The van der Waals surface area contributed by atoms with Gasteiger partial charge in [0.2, 0.25) is 5.43 Å². The summed E-state index contributed by atoms with van der Waals surface area (Å²) in [5.74, 6) is 0.112. The van der Waals surface area contributed by atoms with Crippen LogP contribution in [0.1, 0.15) is 49.0 Å². The fourth-order valence-electron chi connectivity index (χ4n) is 4.06. The van der Waals surface area contributed by atoms with Crippen molar-refractivity contribution in [3.8, 4) is 5.75 Å². The van der Waals surface area contributed by atoms with Gasteiger partial charge in [0.15, 0.2) is 5.75 Å². The highest BCUT2D eigenvalue weighted by Gasteiger charge is 2.30. The number of nitrogens with zero attached hydrogens (tertiary/aromatic N) is 2. The van der Waals surface area contributed by atoms with Crippen LogP contribution in [0.15, 0.2) is 23.1 Å². The molecular formula is C20H24N2O4. The molecule has 0 bridgehead atoms. The zero-order chi connectivity index (χ0) is 18.4. The third-order valence-electron chi connectivity index (χ3n) is 5.50. The Labute approximate surface area is 152 Å². The first-order chi connectivity index (χ1) is 12.5. The molecule has 2 fully saturated rings. The number of carboxylic acids is 1. The monoisotopic (exact) mass is 356 g/mol. The van der Waals surface area contributed by atoms with E-state index in [1.54, 1.807) is 13.2 Å². The first-order valence-electron chi connectivity index (χ1n) is 9.25. The van der Waals surface area contributed by atoms with Crippen LogP contribution in [0, 0.1) is 5.92 Å². The predicted molar refractivity (Wildman–Crippen MR) is 101 cm³/mol. The summed E-state index contributed by atoms with van der Waals surface area (Å²) in [7, 11) is 1.62. The molecule has 26 heavy (non-hydrogen) atoms. The molecule has 1 aromatic carbocycles. The maximum Gasteiger partial charge on any atom is 0.341 e.